The molecule has 0 aliphatic carbocycles. The zero-order chi connectivity index (χ0) is 14.0. The van der Waals surface area contributed by atoms with Gasteiger partial charge in [0.1, 0.15) is 5.41 Å². The number of amides is 1. The summed E-state index contributed by atoms with van der Waals surface area (Å²) < 4.78 is 0. The van der Waals surface area contributed by atoms with Crippen molar-refractivity contribution in [2.24, 2.45) is 5.41 Å². The molecule has 0 atom stereocenters. The van der Waals surface area contributed by atoms with Crippen molar-refractivity contribution in [3.8, 4) is 0 Å². The molecule has 0 bridgehead atoms. The average Bonchev–Trinajstić information content (AvgIpc) is 2.59. The number of carbonyl (C=O) groups is 2. The van der Waals surface area contributed by atoms with Crippen molar-refractivity contribution in [3.05, 3.63) is 35.4 Å². The minimum absolute atomic E-state index is 0.309. The fourth-order valence-electron chi connectivity index (χ4n) is 2.36. The van der Waals surface area contributed by atoms with Gasteiger partial charge in [-0.05, 0) is 37.8 Å². The summed E-state index contributed by atoms with van der Waals surface area (Å²) in [6.45, 7) is 4.05. The molecule has 2 rings (SSSR count). The first kappa shape index (κ1) is 13.6. The molecule has 0 spiro atoms. The number of hydrogen-bond donors (Lipinski definition) is 1. The standard InChI is InChI=1S/C15H19NO3/c1-15(2,14(18)19)13(17)16-9-5-8-11-6-3-4-7-12(11)10-16/h3-4,6-7H,5,8-10H2,1-2H3,(H,18,19). The third-order valence-electron chi connectivity index (χ3n) is 3.71. The maximum absolute atomic E-state index is 12.4. The van der Waals surface area contributed by atoms with Gasteiger partial charge >= 0.3 is 5.97 Å². The molecule has 4 heteroatoms. The highest BCUT2D eigenvalue weighted by Gasteiger charge is 2.39. The van der Waals surface area contributed by atoms with E-state index in [2.05, 4.69) is 6.07 Å². The molecule has 102 valence electrons. The number of rotatable bonds is 2. The molecule has 0 saturated heterocycles. The van der Waals surface area contributed by atoms with Crippen LogP contribution < -0.4 is 0 Å². The lowest BCUT2D eigenvalue weighted by atomic mass is 9.91. The van der Waals surface area contributed by atoms with Crippen LogP contribution >= 0.6 is 0 Å². The van der Waals surface area contributed by atoms with E-state index >= 15 is 0 Å². The normalized spacial score (nSPS) is 15.6. The van der Waals surface area contributed by atoms with Crippen LogP contribution in [0.1, 0.15) is 31.4 Å². The highest BCUT2D eigenvalue weighted by atomic mass is 16.4. The summed E-state index contributed by atoms with van der Waals surface area (Å²) in [6.07, 6.45) is 1.81. The average molecular weight is 261 g/mol. The van der Waals surface area contributed by atoms with E-state index in [0.717, 1.165) is 18.4 Å². The van der Waals surface area contributed by atoms with Gasteiger partial charge in [-0.3, -0.25) is 9.59 Å². The molecule has 0 radical (unpaired) electrons. The highest BCUT2D eigenvalue weighted by Crippen LogP contribution is 2.24. The van der Waals surface area contributed by atoms with Gasteiger partial charge in [0, 0.05) is 13.1 Å². The van der Waals surface area contributed by atoms with E-state index in [-0.39, 0.29) is 5.91 Å². The molecule has 0 fully saturated rings. The minimum Gasteiger partial charge on any atom is -0.480 e. The maximum Gasteiger partial charge on any atom is 0.318 e. The van der Waals surface area contributed by atoms with Crippen LogP contribution in [0.2, 0.25) is 0 Å². The van der Waals surface area contributed by atoms with Gasteiger partial charge in [0.2, 0.25) is 5.91 Å². The lowest BCUT2D eigenvalue weighted by Gasteiger charge is -2.28. The minimum atomic E-state index is -1.36. The largest absolute Gasteiger partial charge is 0.480 e. The lowest BCUT2D eigenvalue weighted by molar-refractivity contribution is -0.158. The van der Waals surface area contributed by atoms with E-state index in [0.29, 0.717) is 13.1 Å². The fraction of sp³-hybridized carbons (Fsp3) is 0.467. The molecular formula is C15H19NO3. The topological polar surface area (TPSA) is 57.6 Å². The molecule has 4 nitrogen and oxygen atoms in total. The number of carboxylic acids is 1. The molecule has 0 saturated carbocycles. The van der Waals surface area contributed by atoms with Gasteiger partial charge in [-0.2, -0.15) is 0 Å². The number of benzene rings is 1. The van der Waals surface area contributed by atoms with Crippen LogP contribution in [0.25, 0.3) is 0 Å². The first-order chi connectivity index (χ1) is 8.93. The Morgan fingerprint density at radius 1 is 1.21 bits per heavy atom. The van der Waals surface area contributed by atoms with Crippen LogP contribution in [0.4, 0.5) is 0 Å². The Morgan fingerprint density at radius 2 is 1.84 bits per heavy atom. The SMILES string of the molecule is CC(C)(C(=O)O)C(=O)N1CCCc2ccccc2C1. The van der Waals surface area contributed by atoms with Gasteiger partial charge in [-0.15, -0.1) is 0 Å². The zero-order valence-corrected chi connectivity index (χ0v) is 11.3. The number of carboxylic acid groups (broad SMARTS) is 1. The number of aryl methyl sites for hydroxylation is 1. The summed E-state index contributed by atoms with van der Waals surface area (Å²) in [5.74, 6) is -1.38. The monoisotopic (exact) mass is 261 g/mol. The molecule has 1 heterocycles. The Morgan fingerprint density at radius 3 is 2.47 bits per heavy atom. The van der Waals surface area contributed by atoms with E-state index in [1.165, 1.54) is 19.4 Å². The Labute approximate surface area is 113 Å². The van der Waals surface area contributed by atoms with Crippen LogP contribution in [0.3, 0.4) is 0 Å². The van der Waals surface area contributed by atoms with Gasteiger partial charge in [0.25, 0.3) is 0 Å². The quantitative estimate of drug-likeness (QED) is 0.829. The summed E-state index contributed by atoms with van der Waals surface area (Å²) in [7, 11) is 0. The van der Waals surface area contributed by atoms with Gasteiger partial charge in [-0.25, -0.2) is 0 Å². The second-order valence-electron chi connectivity index (χ2n) is 5.53. The van der Waals surface area contributed by atoms with Gasteiger partial charge in [0.15, 0.2) is 0 Å². The molecule has 1 amide bonds. The van der Waals surface area contributed by atoms with E-state index < -0.39 is 11.4 Å². The Balaban J connectivity index is 2.24. The number of fused-ring (bicyclic) bond motifs is 1. The van der Waals surface area contributed by atoms with E-state index in [4.69, 9.17) is 5.11 Å². The molecule has 1 aliphatic rings. The number of carbonyl (C=O) groups excluding carboxylic acids is 1. The Bertz CT molecular complexity index is 508. The lowest BCUT2D eigenvalue weighted by Crippen LogP contribution is -2.44. The number of hydrogen-bond acceptors (Lipinski definition) is 2. The molecule has 0 unspecified atom stereocenters. The molecule has 1 aromatic rings. The summed E-state index contributed by atoms with van der Waals surface area (Å²) in [5, 5.41) is 9.16. The van der Waals surface area contributed by atoms with Crippen molar-refractivity contribution >= 4 is 11.9 Å². The summed E-state index contributed by atoms with van der Waals surface area (Å²) in [5.41, 5.74) is 1.01. The molecule has 0 aromatic heterocycles. The Kier molecular flexibility index (Phi) is 3.60. The smallest absolute Gasteiger partial charge is 0.318 e. The third-order valence-corrected chi connectivity index (χ3v) is 3.71. The molecule has 19 heavy (non-hydrogen) atoms. The van der Waals surface area contributed by atoms with Crippen LogP contribution in [-0.4, -0.2) is 28.4 Å². The first-order valence-electron chi connectivity index (χ1n) is 6.52. The van der Waals surface area contributed by atoms with Crippen LogP contribution in [0.5, 0.6) is 0 Å². The molecular weight excluding hydrogens is 242 g/mol. The molecule has 1 N–H and O–H groups in total. The van der Waals surface area contributed by atoms with Crippen molar-refractivity contribution in [2.45, 2.75) is 33.2 Å². The van der Waals surface area contributed by atoms with Crippen LogP contribution in [0.15, 0.2) is 24.3 Å². The third kappa shape index (κ3) is 2.62. The predicted octanol–water partition coefficient (Wildman–Crippen LogP) is 2.07. The maximum atomic E-state index is 12.4. The van der Waals surface area contributed by atoms with E-state index in [1.807, 2.05) is 18.2 Å². The number of aliphatic carboxylic acids is 1. The van der Waals surface area contributed by atoms with E-state index in [1.54, 1.807) is 4.90 Å². The molecule has 1 aromatic carbocycles. The summed E-state index contributed by atoms with van der Waals surface area (Å²) >= 11 is 0. The summed E-state index contributed by atoms with van der Waals surface area (Å²) in [6, 6.07) is 8.03. The van der Waals surface area contributed by atoms with Gasteiger partial charge in [-0.1, -0.05) is 24.3 Å². The van der Waals surface area contributed by atoms with Crippen molar-refractivity contribution in [2.75, 3.05) is 6.54 Å². The van der Waals surface area contributed by atoms with Gasteiger partial charge < -0.3 is 10.0 Å². The predicted molar refractivity (Wildman–Crippen MR) is 71.6 cm³/mol. The zero-order valence-electron chi connectivity index (χ0n) is 11.3. The number of nitrogens with zero attached hydrogens (tertiary/aromatic N) is 1. The highest BCUT2D eigenvalue weighted by molar-refractivity contribution is 6.01. The van der Waals surface area contributed by atoms with Crippen molar-refractivity contribution in [1.29, 1.82) is 0 Å². The van der Waals surface area contributed by atoms with E-state index in [9.17, 15) is 9.59 Å². The second-order valence-corrected chi connectivity index (χ2v) is 5.53. The summed E-state index contributed by atoms with van der Waals surface area (Å²) in [4.78, 5) is 25.2. The molecule has 1 aliphatic heterocycles. The van der Waals surface area contributed by atoms with Crippen molar-refractivity contribution in [1.82, 2.24) is 4.90 Å². The van der Waals surface area contributed by atoms with Crippen LogP contribution in [-0.2, 0) is 22.6 Å². The fourth-order valence-corrected chi connectivity index (χ4v) is 2.36. The first-order valence-corrected chi connectivity index (χ1v) is 6.52. The van der Waals surface area contributed by atoms with Crippen molar-refractivity contribution < 1.29 is 14.7 Å². The van der Waals surface area contributed by atoms with Crippen molar-refractivity contribution in [3.63, 3.8) is 0 Å². The van der Waals surface area contributed by atoms with Gasteiger partial charge in [0.05, 0.1) is 0 Å². The van der Waals surface area contributed by atoms with Crippen LogP contribution in [0, 0.1) is 5.41 Å². The Hall–Kier alpha value is -1.84. The second kappa shape index (κ2) is 5.03.